The summed E-state index contributed by atoms with van der Waals surface area (Å²) in [5, 5.41) is 10.4. The van der Waals surface area contributed by atoms with Gasteiger partial charge in [0.1, 0.15) is 17.1 Å². The smallest absolute Gasteiger partial charge is 0.453 e. The van der Waals surface area contributed by atoms with Crippen LogP contribution in [-0.4, -0.2) is 60.2 Å². The molecule has 1 N–H and O–H groups in total. The van der Waals surface area contributed by atoms with Crippen LogP contribution in [0, 0.1) is 0 Å². The standard InChI is InChI=1S/C27H29F3N2O6/c1-3-15-36-26(35)17-5-7-18(8-6-17)37-24-22(34)19-9-10-21(33)20(23(19)38-25(24)27(28,29)30)16-32-13-11-31(4-2)12-14-32/h5-10,33H,3-4,11-16H2,1-2H3. The number of esters is 1. The van der Waals surface area contributed by atoms with Crippen molar-refractivity contribution in [2.24, 2.45) is 0 Å². The summed E-state index contributed by atoms with van der Waals surface area (Å²) in [5.41, 5.74) is -1.06. The van der Waals surface area contributed by atoms with E-state index in [0.717, 1.165) is 19.6 Å². The summed E-state index contributed by atoms with van der Waals surface area (Å²) in [6.45, 7) is 8.02. The molecule has 0 atom stereocenters. The number of carbonyl (C=O) groups is 1. The molecular weight excluding hydrogens is 505 g/mol. The molecule has 0 radical (unpaired) electrons. The maximum absolute atomic E-state index is 14.1. The first-order valence-corrected chi connectivity index (χ1v) is 12.4. The van der Waals surface area contributed by atoms with Gasteiger partial charge >= 0.3 is 12.1 Å². The van der Waals surface area contributed by atoms with Crippen molar-refractivity contribution in [2.45, 2.75) is 33.0 Å². The summed E-state index contributed by atoms with van der Waals surface area (Å²) in [6, 6.07) is 7.68. The number of halogens is 3. The van der Waals surface area contributed by atoms with E-state index in [9.17, 15) is 27.9 Å². The second-order valence-electron chi connectivity index (χ2n) is 9.00. The molecular formula is C27H29F3N2O6. The molecule has 0 saturated carbocycles. The van der Waals surface area contributed by atoms with E-state index in [1.165, 1.54) is 36.4 Å². The molecule has 0 amide bonds. The molecule has 4 rings (SSSR count). The first-order chi connectivity index (χ1) is 18.1. The molecule has 2 heterocycles. The summed E-state index contributed by atoms with van der Waals surface area (Å²) in [7, 11) is 0. The lowest BCUT2D eigenvalue weighted by atomic mass is 10.1. The van der Waals surface area contributed by atoms with Crippen molar-refractivity contribution in [3.63, 3.8) is 0 Å². The van der Waals surface area contributed by atoms with Crippen LogP contribution in [0.3, 0.4) is 0 Å². The number of likely N-dealkylation sites (N-methyl/N-ethyl adjacent to an activating group) is 1. The zero-order chi connectivity index (χ0) is 27.4. The van der Waals surface area contributed by atoms with E-state index in [1.54, 1.807) is 0 Å². The van der Waals surface area contributed by atoms with Gasteiger partial charge in [0.2, 0.25) is 11.2 Å². The zero-order valence-corrected chi connectivity index (χ0v) is 21.1. The number of benzene rings is 2. The minimum atomic E-state index is -5.05. The fourth-order valence-corrected chi connectivity index (χ4v) is 4.26. The quantitative estimate of drug-likeness (QED) is 0.403. The minimum Gasteiger partial charge on any atom is -0.507 e. The minimum absolute atomic E-state index is 0.0954. The normalized spacial score (nSPS) is 15.1. The molecule has 1 fully saturated rings. The topological polar surface area (TPSA) is 92.5 Å². The van der Waals surface area contributed by atoms with E-state index >= 15 is 0 Å². The highest BCUT2D eigenvalue weighted by Gasteiger charge is 2.41. The van der Waals surface area contributed by atoms with Gasteiger partial charge in [0, 0.05) is 32.7 Å². The second-order valence-corrected chi connectivity index (χ2v) is 9.00. The number of hydrogen-bond donors (Lipinski definition) is 1. The summed E-state index contributed by atoms with van der Waals surface area (Å²) < 4.78 is 57.9. The number of hydrogen-bond acceptors (Lipinski definition) is 8. The van der Waals surface area contributed by atoms with Crippen LogP contribution in [0.2, 0.25) is 0 Å². The molecule has 1 aromatic heterocycles. The van der Waals surface area contributed by atoms with Gasteiger partial charge in [-0.05, 0) is 49.4 Å². The van der Waals surface area contributed by atoms with Gasteiger partial charge in [-0.25, -0.2) is 4.79 Å². The monoisotopic (exact) mass is 534 g/mol. The first kappa shape index (κ1) is 27.5. The van der Waals surface area contributed by atoms with Gasteiger partial charge in [0.15, 0.2) is 0 Å². The molecule has 38 heavy (non-hydrogen) atoms. The van der Waals surface area contributed by atoms with E-state index in [1.807, 2.05) is 11.8 Å². The Morgan fingerprint density at radius 3 is 2.29 bits per heavy atom. The zero-order valence-electron chi connectivity index (χ0n) is 21.1. The lowest BCUT2D eigenvalue weighted by Crippen LogP contribution is -2.45. The number of alkyl halides is 3. The molecule has 1 saturated heterocycles. The van der Waals surface area contributed by atoms with Crippen LogP contribution < -0.4 is 10.2 Å². The largest absolute Gasteiger partial charge is 0.507 e. The van der Waals surface area contributed by atoms with Crippen molar-refractivity contribution in [1.29, 1.82) is 0 Å². The molecule has 8 nitrogen and oxygen atoms in total. The Balaban J connectivity index is 1.70. The maximum Gasteiger partial charge on any atom is 0.453 e. The second kappa shape index (κ2) is 11.4. The van der Waals surface area contributed by atoms with E-state index in [2.05, 4.69) is 11.8 Å². The van der Waals surface area contributed by atoms with Crippen LogP contribution >= 0.6 is 0 Å². The van der Waals surface area contributed by atoms with Crippen LogP contribution in [0.15, 0.2) is 45.6 Å². The molecule has 0 aliphatic carbocycles. The van der Waals surface area contributed by atoms with Gasteiger partial charge in [-0.2, -0.15) is 13.2 Å². The third-order valence-electron chi connectivity index (χ3n) is 6.40. The third-order valence-corrected chi connectivity index (χ3v) is 6.40. The van der Waals surface area contributed by atoms with Gasteiger partial charge in [-0.15, -0.1) is 0 Å². The molecule has 0 spiro atoms. The number of ether oxygens (including phenoxy) is 2. The molecule has 1 aliphatic heterocycles. The van der Waals surface area contributed by atoms with E-state index in [4.69, 9.17) is 13.9 Å². The Kier molecular flexibility index (Phi) is 8.27. The fourth-order valence-electron chi connectivity index (χ4n) is 4.26. The lowest BCUT2D eigenvalue weighted by Gasteiger charge is -2.34. The van der Waals surface area contributed by atoms with E-state index in [0.29, 0.717) is 19.5 Å². The summed E-state index contributed by atoms with van der Waals surface area (Å²) in [6.07, 6.45) is -4.41. The van der Waals surface area contributed by atoms with Crippen molar-refractivity contribution in [3.8, 4) is 17.2 Å². The first-order valence-electron chi connectivity index (χ1n) is 12.4. The molecule has 11 heteroatoms. The van der Waals surface area contributed by atoms with Crippen LogP contribution in [0.1, 0.15) is 41.9 Å². The summed E-state index contributed by atoms with van der Waals surface area (Å²) in [4.78, 5) is 29.5. The molecule has 0 bridgehead atoms. The number of piperazine rings is 1. The Bertz CT molecular complexity index is 1350. The van der Waals surface area contributed by atoms with Crippen LogP contribution in [0.5, 0.6) is 17.2 Å². The van der Waals surface area contributed by atoms with Crippen molar-refractivity contribution in [1.82, 2.24) is 9.80 Å². The van der Waals surface area contributed by atoms with Gasteiger partial charge in [0.05, 0.1) is 23.1 Å². The highest BCUT2D eigenvalue weighted by atomic mass is 19.4. The Labute approximate surface area is 217 Å². The van der Waals surface area contributed by atoms with Crippen molar-refractivity contribution in [3.05, 3.63) is 63.5 Å². The van der Waals surface area contributed by atoms with Gasteiger partial charge in [-0.3, -0.25) is 9.69 Å². The number of carbonyl (C=O) groups excluding carboxylic acids is 1. The number of phenolic OH excluding ortho intramolecular Hbond substituents is 1. The fraction of sp³-hybridized carbons (Fsp3) is 0.407. The van der Waals surface area contributed by atoms with Crippen molar-refractivity contribution < 1.29 is 37.0 Å². The van der Waals surface area contributed by atoms with Crippen molar-refractivity contribution in [2.75, 3.05) is 39.3 Å². The highest BCUT2D eigenvalue weighted by Crippen LogP contribution is 2.40. The SMILES string of the molecule is CCCOC(=O)c1ccc(Oc2c(C(F)(F)F)oc3c(CN4CCN(CC)CC4)c(O)ccc3c2=O)cc1. The van der Waals surface area contributed by atoms with Crippen molar-refractivity contribution >= 4 is 16.9 Å². The Morgan fingerprint density at radius 2 is 1.68 bits per heavy atom. The predicted octanol–water partition coefficient (Wildman–Crippen LogP) is 5.01. The molecule has 3 aromatic rings. The molecule has 2 aromatic carbocycles. The lowest BCUT2D eigenvalue weighted by molar-refractivity contribution is -0.154. The number of nitrogens with zero attached hydrogens (tertiary/aromatic N) is 2. The van der Waals surface area contributed by atoms with Crippen LogP contribution in [-0.2, 0) is 17.5 Å². The molecule has 0 unspecified atom stereocenters. The highest BCUT2D eigenvalue weighted by molar-refractivity contribution is 5.89. The predicted molar refractivity (Wildman–Crippen MR) is 134 cm³/mol. The average Bonchev–Trinajstić information content (AvgIpc) is 2.90. The summed E-state index contributed by atoms with van der Waals surface area (Å²) in [5.74, 6) is -3.57. The third kappa shape index (κ3) is 5.94. The van der Waals surface area contributed by atoms with Gasteiger partial charge in [0.25, 0.3) is 5.76 Å². The van der Waals surface area contributed by atoms with Gasteiger partial charge in [-0.1, -0.05) is 13.8 Å². The maximum atomic E-state index is 14.1. The number of phenols is 1. The van der Waals surface area contributed by atoms with Crippen LogP contribution in [0.25, 0.3) is 11.0 Å². The van der Waals surface area contributed by atoms with E-state index in [-0.39, 0.29) is 46.7 Å². The number of aromatic hydroxyl groups is 1. The Hall–Kier alpha value is -3.57. The average molecular weight is 535 g/mol. The number of rotatable bonds is 8. The molecule has 1 aliphatic rings. The Morgan fingerprint density at radius 1 is 1.03 bits per heavy atom. The van der Waals surface area contributed by atoms with E-state index < -0.39 is 29.1 Å². The molecule has 204 valence electrons. The number of fused-ring (bicyclic) bond motifs is 1. The summed E-state index contributed by atoms with van der Waals surface area (Å²) >= 11 is 0. The van der Waals surface area contributed by atoms with Gasteiger partial charge < -0.3 is 23.9 Å². The van der Waals surface area contributed by atoms with Crippen LogP contribution in [0.4, 0.5) is 13.2 Å².